The molecule has 0 saturated heterocycles. The second kappa shape index (κ2) is 5.44. The molecule has 0 aliphatic rings. The van der Waals surface area contributed by atoms with Crippen LogP contribution in [-0.4, -0.2) is 13.1 Å². The van der Waals surface area contributed by atoms with Crippen LogP contribution in [0, 0.1) is 6.92 Å². The van der Waals surface area contributed by atoms with Crippen molar-refractivity contribution in [2.24, 2.45) is 0 Å². The molecule has 0 spiro atoms. The molecule has 0 fully saturated rings. The van der Waals surface area contributed by atoms with Crippen molar-refractivity contribution < 1.29 is 14.3 Å². The summed E-state index contributed by atoms with van der Waals surface area (Å²) in [7, 11) is 1.32. The van der Waals surface area contributed by atoms with Gasteiger partial charge < -0.3 is 15.2 Å². The van der Waals surface area contributed by atoms with Gasteiger partial charge in [-0.1, -0.05) is 23.8 Å². The fraction of sp³-hybridized carbons (Fsp3) is 0.133. The number of aryl methyl sites for hydroxylation is 1. The first-order valence-electron chi connectivity index (χ1n) is 5.83. The molecule has 0 aliphatic heterocycles. The number of para-hydroxylation sites is 1. The number of anilines is 1. The minimum atomic E-state index is -0.477. The molecule has 0 amide bonds. The summed E-state index contributed by atoms with van der Waals surface area (Å²) in [5.74, 6) is 0.460. The molecule has 2 aromatic rings. The van der Waals surface area contributed by atoms with Gasteiger partial charge >= 0.3 is 5.97 Å². The molecular weight excluding hydrogens is 242 g/mol. The second-order valence-corrected chi connectivity index (χ2v) is 4.13. The zero-order valence-electron chi connectivity index (χ0n) is 10.8. The van der Waals surface area contributed by atoms with E-state index in [1.165, 1.54) is 7.11 Å². The van der Waals surface area contributed by atoms with Crippen LogP contribution in [0.1, 0.15) is 15.9 Å². The molecule has 0 bridgehead atoms. The Morgan fingerprint density at radius 1 is 1.11 bits per heavy atom. The molecule has 0 unspecified atom stereocenters. The van der Waals surface area contributed by atoms with Gasteiger partial charge in [0.25, 0.3) is 0 Å². The van der Waals surface area contributed by atoms with Crippen LogP contribution >= 0.6 is 0 Å². The fourth-order valence-corrected chi connectivity index (χ4v) is 1.66. The number of nitrogen functional groups attached to an aromatic ring is 1. The van der Waals surface area contributed by atoms with E-state index in [9.17, 15) is 4.79 Å². The Bertz CT molecular complexity index is 591. The van der Waals surface area contributed by atoms with Gasteiger partial charge in [0.2, 0.25) is 0 Å². The Balaban J connectivity index is 2.38. The number of ether oxygens (including phenoxy) is 2. The summed E-state index contributed by atoms with van der Waals surface area (Å²) in [6.45, 7) is 1.99. The minimum Gasteiger partial charge on any atom is -0.465 e. The van der Waals surface area contributed by atoms with E-state index in [0.717, 1.165) is 5.56 Å². The third-order valence-corrected chi connectivity index (χ3v) is 2.69. The Labute approximate surface area is 111 Å². The fourth-order valence-electron chi connectivity index (χ4n) is 1.66. The van der Waals surface area contributed by atoms with Crippen molar-refractivity contribution in [2.75, 3.05) is 12.8 Å². The first-order valence-corrected chi connectivity index (χ1v) is 5.83. The van der Waals surface area contributed by atoms with Crippen molar-refractivity contribution in [3.05, 3.63) is 53.6 Å². The summed E-state index contributed by atoms with van der Waals surface area (Å²) in [5, 5.41) is 0. The topological polar surface area (TPSA) is 61.5 Å². The Morgan fingerprint density at radius 2 is 1.79 bits per heavy atom. The smallest absolute Gasteiger partial charge is 0.341 e. The van der Waals surface area contributed by atoms with Gasteiger partial charge in [-0.25, -0.2) is 4.79 Å². The van der Waals surface area contributed by atoms with Crippen LogP contribution in [0.2, 0.25) is 0 Å². The highest BCUT2D eigenvalue weighted by Gasteiger charge is 2.16. The SMILES string of the molecule is COC(=O)c1cccc(N)c1Oc1ccc(C)cc1. The number of hydrogen-bond donors (Lipinski definition) is 1. The number of carbonyl (C=O) groups excluding carboxylic acids is 1. The van der Waals surface area contributed by atoms with Gasteiger partial charge in [-0.15, -0.1) is 0 Å². The number of hydrogen-bond acceptors (Lipinski definition) is 4. The van der Waals surface area contributed by atoms with E-state index in [4.69, 9.17) is 15.2 Å². The van der Waals surface area contributed by atoms with E-state index in [2.05, 4.69) is 0 Å². The van der Waals surface area contributed by atoms with E-state index in [1.54, 1.807) is 18.2 Å². The molecule has 2 N–H and O–H groups in total. The van der Waals surface area contributed by atoms with Crippen LogP contribution in [0.3, 0.4) is 0 Å². The molecule has 19 heavy (non-hydrogen) atoms. The van der Waals surface area contributed by atoms with Gasteiger partial charge in [0.05, 0.1) is 12.8 Å². The van der Waals surface area contributed by atoms with Gasteiger partial charge in [-0.3, -0.25) is 0 Å². The van der Waals surface area contributed by atoms with Crippen molar-refractivity contribution in [2.45, 2.75) is 6.92 Å². The van der Waals surface area contributed by atoms with Crippen LogP contribution in [-0.2, 0) is 4.74 Å². The molecule has 0 saturated carbocycles. The lowest BCUT2D eigenvalue weighted by Gasteiger charge is -2.12. The number of rotatable bonds is 3. The van der Waals surface area contributed by atoms with Crippen LogP contribution in [0.5, 0.6) is 11.5 Å². The molecule has 0 aromatic heterocycles. The monoisotopic (exact) mass is 257 g/mol. The third kappa shape index (κ3) is 2.85. The Kier molecular flexibility index (Phi) is 3.71. The predicted molar refractivity (Wildman–Crippen MR) is 73.4 cm³/mol. The quantitative estimate of drug-likeness (QED) is 0.677. The van der Waals surface area contributed by atoms with E-state index >= 15 is 0 Å². The van der Waals surface area contributed by atoms with Gasteiger partial charge in [0.1, 0.15) is 11.3 Å². The van der Waals surface area contributed by atoms with Gasteiger partial charge in [-0.05, 0) is 31.2 Å². The van der Waals surface area contributed by atoms with Crippen LogP contribution in [0.4, 0.5) is 5.69 Å². The normalized spacial score (nSPS) is 10.0. The Morgan fingerprint density at radius 3 is 2.42 bits per heavy atom. The van der Waals surface area contributed by atoms with E-state index in [0.29, 0.717) is 22.7 Å². The maximum atomic E-state index is 11.7. The number of benzene rings is 2. The average molecular weight is 257 g/mol. The summed E-state index contributed by atoms with van der Waals surface area (Å²) in [4.78, 5) is 11.7. The third-order valence-electron chi connectivity index (χ3n) is 2.69. The lowest BCUT2D eigenvalue weighted by Crippen LogP contribution is -2.05. The maximum Gasteiger partial charge on any atom is 0.341 e. The van der Waals surface area contributed by atoms with Crippen molar-refractivity contribution in [1.82, 2.24) is 0 Å². The number of esters is 1. The first kappa shape index (κ1) is 13.0. The molecular formula is C15H15NO3. The summed E-state index contributed by atoms with van der Waals surface area (Å²) in [6.07, 6.45) is 0. The zero-order valence-corrected chi connectivity index (χ0v) is 10.8. The van der Waals surface area contributed by atoms with Gasteiger partial charge in [0.15, 0.2) is 5.75 Å². The summed E-state index contributed by atoms with van der Waals surface area (Å²) in [5.41, 5.74) is 7.69. The lowest BCUT2D eigenvalue weighted by atomic mass is 10.1. The van der Waals surface area contributed by atoms with E-state index in [1.807, 2.05) is 31.2 Å². The van der Waals surface area contributed by atoms with Crippen LogP contribution in [0.15, 0.2) is 42.5 Å². The molecule has 4 nitrogen and oxygen atoms in total. The van der Waals surface area contributed by atoms with Crippen molar-refractivity contribution >= 4 is 11.7 Å². The highest BCUT2D eigenvalue weighted by molar-refractivity contribution is 5.94. The standard InChI is InChI=1S/C15H15NO3/c1-10-6-8-11(9-7-10)19-14-12(15(17)18-2)4-3-5-13(14)16/h3-9H,16H2,1-2H3. The van der Waals surface area contributed by atoms with E-state index < -0.39 is 5.97 Å². The highest BCUT2D eigenvalue weighted by atomic mass is 16.5. The minimum absolute atomic E-state index is 0.308. The molecule has 0 aliphatic carbocycles. The van der Waals surface area contributed by atoms with Crippen LogP contribution < -0.4 is 10.5 Å². The molecule has 0 radical (unpaired) electrons. The molecule has 2 aromatic carbocycles. The second-order valence-electron chi connectivity index (χ2n) is 4.13. The van der Waals surface area contributed by atoms with E-state index in [-0.39, 0.29) is 0 Å². The number of methoxy groups -OCH3 is 1. The van der Waals surface area contributed by atoms with Crippen molar-refractivity contribution in [3.8, 4) is 11.5 Å². The number of nitrogens with two attached hydrogens (primary N) is 1. The molecule has 4 heteroatoms. The largest absolute Gasteiger partial charge is 0.465 e. The van der Waals surface area contributed by atoms with Gasteiger partial charge in [0, 0.05) is 0 Å². The molecule has 0 atom stereocenters. The summed E-state index contributed by atoms with van der Waals surface area (Å²) in [6, 6.07) is 12.5. The Hall–Kier alpha value is -2.49. The zero-order chi connectivity index (χ0) is 13.8. The number of carbonyl (C=O) groups is 1. The maximum absolute atomic E-state index is 11.7. The molecule has 98 valence electrons. The predicted octanol–water partition coefficient (Wildman–Crippen LogP) is 3.16. The average Bonchev–Trinajstić information content (AvgIpc) is 2.42. The van der Waals surface area contributed by atoms with Gasteiger partial charge in [-0.2, -0.15) is 0 Å². The molecule has 2 rings (SSSR count). The highest BCUT2D eigenvalue weighted by Crippen LogP contribution is 2.31. The summed E-state index contributed by atoms with van der Waals surface area (Å²) < 4.78 is 10.4. The molecule has 0 heterocycles. The van der Waals surface area contributed by atoms with Crippen molar-refractivity contribution in [1.29, 1.82) is 0 Å². The first-order chi connectivity index (χ1) is 9.11. The lowest BCUT2D eigenvalue weighted by molar-refractivity contribution is 0.0598. The van der Waals surface area contributed by atoms with Crippen LogP contribution in [0.25, 0.3) is 0 Å². The van der Waals surface area contributed by atoms with Crippen molar-refractivity contribution in [3.63, 3.8) is 0 Å². The summed E-state index contributed by atoms with van der Waals surface area (Å²) >= 11 is 0.